The van der Waals surface area contributed by atoms with E-state index in [-0.39, 0.29) is 18.5 Å². The number of urea groups is 1. The van der Waals surface area contributed by atoms with Gasteiger partial charge in [0.1, 0.15) is 18.3 Å². The van der Waals surface area contributed by atoms with Crippen molar-refractivity contribution < 1.29 is 19.1 Å². The van der Waals surface area contributed by atoms with Crippen LogP contribution in [0.1, 0.15) is 35.6 Å². The summed E-state index contributed by atoms with van der Waals surface area (Å²) in [6.07, 6.45) is 1.63. The van der Waals surface area contributed by atoms with Gasteiger partial charge in [0.05, 0.1) is 18.9 Å². The molecule has 2 aliphatic rings. The maximum absolute atomic E-state index is 13.5. The number of hydrogen-bond donors (Lipinski definition) is 1. The first kappa shape index (κ1) is 24.2. The van der Waals surface area contributed by atoms with Crippen molar-refractivity contribution in [2.75, 3.05) is 13.7 Å². The highest BCUT2D eigenvalue weighted by Crippen LogP contribution is 2.34. The second-order valence-corrected chi connectivity index (χ2v) is 9.09. The zero-order chi connectivity index (χ0) is 25.8. The van der Waals surface area contributed by atoms with Crippen LogP contribution in [-0.4, -0.2) is 53.2 Å². The summed E-state index contributed by atoms with van der Waals surface area (Å²) in [5.41, 5.74) is 3.67. The van der Waals surface area contributed by atoms with Crippen molar-refractivity contribution in [3.8, 4) is 5.75 Å². The van der Waals surface area contributed by atoms with Crippen LogP contribution in [0.2, 0.25) is 0 Å². The number of hydrogen-bond acceptors (Lipinski definition) is 5. The number of benzene rings is 3. The first-order chi connectivity index (χ1) is 18.0. The maximum Gasteiger partial charge on any atom is 0.325 e. The Kier molecular flexibility index (Phi) is 6.98. The topological polar surface area (TPSA) is 91.3 Å². The van der Waals surface area contributed by atoms with Gasteiger partial charge in [0.25, 0.3) is 11.8 Å². The van der Waals surface area contributed by atoms with Crippen molar-refractivity contribution in [3.63, 3.8) is 0 Å². The summed E-state index contributed by atoms with van der Waals surface area (Å²) >= 11 is 0. The van der Waals surface area contributed by atoms with Crippen molar-refractivity contribution in [1.82, 2.24) is 15.2 Å². The quantitative estimate of drug-likeness (QED) is 0.479. The maximum atomic E-state index is 13.5. The minimum atomic E-state index is -0.653. The van der Waals surface area contributed by atoms with E-state index in [0.29, 0.717) is 25.0 Å². The summed E-state index contributed by atoms with van der Waals surface area (Å²) in [5, 5.41) is 8.78. The van der Waals surface area contributed by atoms with E-state index in [1.165, 1.54) is 5.01 Å². The van der Waals surface area contributed by atoms with E-state index in [4.69, 9.17) is 4.74 Å². The van der Waals surface area contributed by atoms with Crippen LogP contribution in [0.3, 0.4) is 0 Å². The monoisotopic (exact) mass is 496 g/mol. The van der Waals surface area contributed by atoms with E-state index < -0.39 is 18.0 Å². The lowest BCUT2D eigenvalue weighted by atomic mass is 9.98. The minimum Gasteiger partial charge on any atom is -0.497 e. The van der Waals surface area contributed by atoms with Crippen LogP contribution in [0.25, 0.3) is 0 Å². The lowest BCUT2D eigenvalue weighted by Crippen LogP contribution is -2.41. The Morgan fingerprint density at radius 1 is 0.973 bits per heavy atom. The third kappa shape index (κ3) is 5.23. The van der Waals surface area contributed by atoms with Gasteiger partial charge in [-0.05, 0) is 41.7 Å². The Bertz CT molecular complexity index is 1310. The number of imide groups is 1. The molecule has 0 radical (unpaired) electrons. The molecule has 8 nitrogen and oxygen atoms in total. The second-order valence-electron chi connectivity index (χ2n) is 9.09. The van der Waals surface area contributed by atoms with Crippen molar-refractivity contribution in [2.45, 2.75) is 31.3 Å². The lowest BCUT2D eigenvalue weighted by Gasteiger charge is -2.24. The number of rotatable bonds is 8. The van der Waals surface area contributed by atoms with Gasteiger partial charge >= 0.3 is 6.03 Å². The molecule has 1 fully saturated rings. The molecule has 1 saturated heterocycles. The Labute approximate surface area is 215 Å². The van der Waals surface area contributed by atoms with Crippen molar-refractivity contribution in [2.24, 2.45) is 5.10 Å². The molecule has 1 N–H and O–H groups in total. The zero-order valence-electron chi connectivity index (χ0n) is 20.5. The van der Waals surface area contributed by atoms with Crippen LogP contribution in [0, 0.1) is 0 Å². The molecular formula is C29H28N4O4. The van der Waals surface area contributed by atoms with Gasteiger partial charge in [-0.3, -0.25) is 14.5 Å². The van der Waals surface area contributed by atoms with Gasteiger partial charge in [0.15, 0.2) is 0 Å². The van der Waals surface area contributed by atoms with Gasteiger partial charge in [0.2, 0.25) is 0 Å². The smallest absolute Gasteiger partial charge is 0.325 e. The van der Waals surface area contributed by atoms with Gasteiger partial charge in [-0.25, -0.2) is 9.80 Å². The third-order valence-corrected chi connectivity index (χ3v) is 6.74. The summed E-state index contributed by atoms with van der Waals surface area (Å²) in [4.78, 5) is 40.1. The number of carbonyl (C=O) groups excluding carboxylic acids is 3. The molecule has 0 bridgehead atoms. The van der Waals surface area contributed by atoms with E-state index >= 15 is 0 Å². The summed E-state index contributed by atoms with van der Waals surface area (Å²) in [6, 6.07) is 25.4. The number of ether oxygens (including phenoxy) is 1. The van der Waals surface area contributed by atoms with Crippen LogP contribution < -0.4 is 10.1 Å². The van der Waals surface area contributed by atoms with E-state index in [1.54, 1.807) is 7.11 Å². The molecule has 4 amide bonds. The van der Waals surface area contributed by atoms with Crippen molar-refractivity contribution in [3.05, 3.63) is 102 Å². The first-order valence-corrected chi connectivity index (χ1v) is 12.3. The highest BCUT2D eigenvalue weighted by Gasteiger charge is 2.41. The van der Waals surface area contributed by atoms with E-state index in [9.17, 15) is 14.4 Å². The minimum absolute atomic E-state index is 0.358. The van der Waals surface area contributed by atoms with Crippen LogP contribution >= 0.6 is 0 Å². The average molecular weight is 497 g/mol. The number of nitrogens with one attached hydrogen (secondary N) is 1. The summed E-state index contributed by atoms with van der Waals surface area (Å²) in [7, 11) is 1.60. The van der Waals surface area contributed by atoms with Gasteiger partial charge < -0.3 is 10.1 Å². The average Bonchev–Trinajstić information content (AvgIpc) is 3.50. The number of amides is 4. The summed E-state index contributed by atoms with van der Waals surface area (Å²) < 4.78 is 5.27. The van der Waals surface area contributed by atoms with Gasteiger partial charge in [-0.15, -0.1) is 0 Å². The predicted octanol–water partition coefficient (Wildman–Crippen LogP) is 3.93. The Morgan fingerprint density at radius 3 is 2.32 bits per heavy atom. The van der Waals surface area contributed by atoms with Crippen LogP contribution in [0.5, 0.6) is 5.75 Å². The van der Waals surface area contributed by atoms with E-state index in [2.05, 4.69) is 10.4 Å². The van der Waals surface area contributed by atoms with Crippen LogP contribution in [0.15, 0.2) is 90.0 Å². The molecule has 0 saturated carbocycles. The Hall–Kier alpha value is -4.46. The number of aryl methyl sites for hydroxylation is 1. The normalized spacial score (nSPS) is 19.1. The van der Waals surface area contributed by atoms with Crippen LogP contribution in [0.4, 0.5) is 4.79 Å². The summed E-state index contributed by atoms with van der Waals surface area (Å²) in [6.45, 7) is -0.370. The molecule has 188 valence electrons. The molecule has 0 unspecified atom stereocenters. The second kappa shape index (κ2) is 10.7. The lowest BCUT2D eigenvalue weighted by molar-refractivity contribution is -0.138. The highest BCUT2D eigenvalue weighted by molar-refractivity contribution is 6.07. The standard InChI is InChI=1S/C29H28N4O4/c1-37-23-15-13-22(14-16-23)26-18-25(21-10-6-3-7-11-21)31-33(26)27(34)19-32-28(35)24(30-29(32)36)17-12-20-8-4-2-5-9-20/h2-11,13-16,24,26H,12,17-19H2,1H3,(H,30,36)/t24-,26+/m0/s1. The fourth-order valence-corrected chi connectivity index (χ4v) is 4.72. The van der Waals surface area contributed by atoms with Gasteiger partial charge in [0, 0.05) is 6.42 Å². The summed E-state index contributed by atoms with van der Waals surface area (Å²) in [5.74, 6) is -0.0922. The predicted molar refractivity (Wildman–Crippen MR) is 139 cm³/mol. The number of carbonyl (C=O) groups is 3. The van der Waals surface area contributed by atoms with Gasteiger partial charge in [-0.2, -0.15) is 5.10 Å². The number of methoxy groups -OCH3 is 1. The Balaban J connectivity index is 1.32. The van der Waals surface area contributed by atoms with Crippen LogP contribution in [-0.2, 0) is 16.0 Å². The zero-order valence-corrected chi connectivity index (χ0v) is 20.5. The molecular weight excluding hydrogens is 468 g/mol. The van der Waals surface area contributed by atoms with Crippen molar-refractivity contribution >= 4 is 23.6 Å². The fraction of sp³-hybridized carbons (Fsp3) is 0.241. The molecule has 5 rings (SSSR count). The Morgan fingerprint density at radius 2 is 1.65 bits per heavy atom. The molecule has 0 spiro atoms. The highest BCUT2D eigenvalue weighted by atomic mass is 16.5. The SMILES string of the molecule is COc1ccc([C@H]2CC(c3ccccc3)=NN2C(=O)CN2C(=O)N[C@@H](CCc3ccccc3)C2=O)cc1. The molecule has 0 aromatic heterocycles. The molecule has 2 atom stereocenters. The molecule has 37 heavy (non-hydrogen) atoms. The fourth-order valence-electron chi connectivity index (χ4n) is 4.72. The molecule has 8 heteroatoms. The molecule has 0 aliphatic carbocycles. The van der Waals surface area contributed by atoms with Crippen molar-refractivity contribution in [1.29, 1.82) is 0 Å². The first-order valence-electron chi connectivity index (χ1n) is 12.3. The molecule has 3 aromatic carbocycles. The third-order valence-electron chi connectivity index (χ3n) is 6.74. The van der Waals surface area contributed by atoms with E-state index in [0.717, 1.165) is 27.3 Å². The molecule has 2 aliphatic heterocycles. The molecule has 3 aromatic rings. The molecule has 2 heterocycles. The van der Waals surface area contributed by atoms with E-state index in [1.807, 2.05) is 84.9 Å². The van der Waals surface area contributed by atoms with Gasteiger partial charge in [-0.1, -0.05) is 72.8 Å². The number of hydrazone groups is 1. The number of nitrogens with zero attached hydrogens (tertiary/aromatic N) is 3. The largest absolute Gasteiger partial charge is 0.497 e.